The van der Waals surface area contributed by atoms with Crippen molar-refractivity contribution < 1.29 is 9.90 Å². The van der Waals surface area contributed by atoms with Crippen LogP contribution in [0.3, 0.4) is 0 Å². The van der Waals surface area contributed by atoms with E-state index in [4.69, 9.17) is 5.11 Å². The highest BCUT2D eigenvalue weighted by atomic mass is 16.3. The zero-order valence-corrected chi connectivity index (χ0v) is 7.36. The van der Waals surface area contributed by atoms with Gasteiger partial charge in [0.1, 0.15) is 0 Å². The lowest BCUT2D eigenvalue weighted by Crippen LogP contribution is -2.40. The minimum atomic E-state index is -0.0692. The van der Waals surface area contributed by atoms with Gasteiger partial charge in [0.25, 0.3) is 5.91 Å². The van der Waals surface area contributed by atoms with Crippen LogP contribution in [0.25, 0.3) is 0 Å². The van der Waals surface area contributed by atoms with Gasteiger partial charge in [-0.15, -0.1) is 0 Å². The Morgan fingerprint density at radius 1 is 1.69 bits per heavy atom. The van der Waals surface area contributed by atoms with Crippen LogP contribution < -0.4 is 5.32 Å². The normalized spacial score (nSPS) is 27.5. The molecule has 2 rings (SSSR count). The molecule has 5 heteroatoms. The molecule has 2 heterocycles. The van der Waals surface area contributed by atoms with Gasteiger partial charge in [0, 0.05) is 19.5 Å². The summed E-state index contributed by atoms with van der Waals surface area (Å²) in [5.74, 6) is -0.0449. The molecule has 0 radical (unpaired) electrons. The summed E-state index contributed by atoms with van der Waals surface area (Å²) in [6, 6.07) is 0. The first kappa shape index (κ1) is 8.65. The number of hydrogen-bond donors (Lipinski definition) is 2. The molecular formula is C8H13N3O2. The van der Waals surface area contributed by atoms with E-state index >= 15 is 0 Å². The molecule has 2 aliphatic heterocycles. The number of nitrogens with zero attached hydrogens (tertiary/aromatic N) is 2. The number of aliphatic hydroxyl groups excluding tert-OH is 1. The number of carbonyl (C=O) groups excluding carboxylic acids is 1. The fraction of sp³-hybridized carbons (Fsp3) is 0.750. The van der Waals surface area contributed by atoms with Gasteiger partial charge in [-0.1, -0.05) is 0 Å². The third kappa shape index (κ3) is 1.45. The van der Waals surface area contributed by atoms with Gasteiger partial charge < -0.3 is 10.4 Å². The standard InChI is InChI=1S/C8H13N3O2/c12-4-3-11-8(13)6-5-9-2-1-7(6)10-11/h6,9,12H,1-5H2. The molecule has 0 aromatic rings. The first-order valence-electron chi connectivity index (χ1n) is 4.53. The summed E-state index contributed by atoms with van der Waals surface area (Å²) in [5.41, 5.74) is 0.970. The summed E-state index contributed by atoms with van der Waals surface area (Å²) < 4.78 is 0. The molecule has 72 valence electrons. The monoisotopic (exact) mass is 183 g/mol. The average molecular weight is 183 g/mol. The van der Waals surface area contributed by atoms with E-state index in [1.807, 2.05) is 0 Å². The molecule has 1 unspecified atom stereocenters. The molecule has 5 nitrogen and oxygen atoms in total. The van der Waals surface area contributed by atoms with E-state index in [1.54, 1.807) is 0 Å². The number of aliphatic hydroxyl groups is 1. The minimum Gasteiger partial charge on any atom is -0.394 e. The van der Waals surface area contributed by atoms with Crippen LogP contribution in [0, 0.1) is 5.92 Å². The molecule has 1 saturated heterocycles. The van der Waals surface area contributed by atoms with Crippen LogP contribution in [-0.2, 0) is 4.79 Å². The van der Waals surface area contributed by atoms with Crippen LogP contribution >= 0.6 is 0 Å². The summed E-state index contributed by atoms with van der Waals surface area (Å²) in [6.07, 6.45) is 0.846. The van der Waals surface area contributed by atoms with E-state index in [1.165, 1.54) is 5.01 Å². The molecule has 0 aliphatic carbocycles. The lowest BCUT2D eigenvalue weighted by molar-refractivity contribution is -0.132. The number of fused-ring (bicyclic) bond motifs is 1. The summed E-state index contributed by atoms with van der Waals surface area (Å²) >= 11 is 0. The van der Waals surface area contributed by atoms with E-state index in [9.17, 15) is 4.79 Å². The highest BCUT2D eigenvalue weighted by Crippen LogP contribution is 2.19. The number of carbonyl (C=O) groups is 1. The van der Waals surface area contributed by atoms with Gasteiger partial charge in [-0.05, 0) is 0 Å². The number of amides is 1. The minimum absolute atomic E-state index is 0.0243. The summed E-state index contributed by atoms with van der Waals surface area (Å²) in [4.78, 5) is 11.6. The van der Waals surface area contributed by atoms with Gasteiger partial charge in [-0.2, -0.15) is 5.10 Å². The van der Waals surface area contributed by atoms with Crippen molar-refractivity contribution in [2.75, 3.05) is 26.2 Å². The van der Waals surface area contributed by atoms with Gasteiger partial charge in [0.2, 0.25) is 0 Å². The molecule has 1 atom stereocenters. The number of rotatable bonds is 2. The van der Waals surface area contributed by atoms with Crippen LogP contribution in [0.1, 0.15) is 6.42 Å². The number of β-amino-alcohol motifs (C(OH)–C–C–N with tert-alkyl or cyclic N) is 1. The lowest BCUT2D eigenvalue weighted by Gasteiger charge is -2.17. The SMILES string of the molecule is O=C1C2CNCCC2=NN1CCO. The Hall–Kier alpha value is -0.940. The first-order valence-corrected chi connectivity index (χ1v) is 4.53. The van der Waals surface area contributed by atoms with Crippen LogP contribution in [-0.4, -0.2) is 48.0 Å². The van der Waals surface area contributed by atoms with Gasteiger partial charge in [0.05, 0.1) is 24.8 Å². The molecule has 2 N–H and O–H groups in total. The van der Waals surface area contributed by atoms with Gasteiger partial charge >= 0.3 is 0 Å². The van der Waals surface area contributed by atoms with Crippen molar-refractivity contribution in [1.82, 2.24) is 10.3 Å². The Bertz CT molecular complexity index is 252. The number of hydrogen-bond acceptors (Lipinski definition) is 4. The van der Waals surface area contributed by atoms with E-state index in [0.717, 1.165) is 18.7 Å². The lowest BCUT2D eigenvalue weighted by atomic mass is 9.97. The second-order valence-electron chi connectivity index (χ2n) is 3.28. The van der Waals surface area contributed by atoms with E-state index in [2.05, 4.69) is 10.4 Å². The van der Waals surface area contributed by atoms with Gasteiger partial charge in [-0.25, -0.2) is 5.01 Å². The molecule has 0 aromatic carbocycles. The highest BCUT2D eigenvalue weighted by Gasteiger charge is 2.36. The predicted molar refractivity (Wildman–Crippen MR) is 47.2 cm³/mol. The van der Waals surface area contributed by atoms with Crippen molar-refractivity contribution in [2.24, 2.45) is 11.0 Å². The van der Waals surface area contributed by atoms with Crippen molar-refractivity contribution in [3.63, 3.8) is 0 Å². The third-order valence-corrected chi connectivity index (χ3v) is 2.42. The second-order valence-corrected chi connectivity index (χ2v) is 3.28. The summed E-state index contributed by atoms with van der Waals surface area (Å²) in [6.45, 7) is 1.89. The molecule has 1 amide bonds. The molecule has 0 saturated carbocycles. The zero-order chi connectivity index (χ0) is 9.26. The quantitative estimate of drug-likeness (QED) is 0.564. The average Bonchev–Trinajstić information content (AvgIpc) is 2.46. The van der Waals surface area contributed by atoms with Crippen molar-refractivity contribution in [3.8, 4) is 0 Å². The van der Waals surface area contributed by atoms with Crippen LogP contribution in [0.2, 0.25) is 0 Å². The third-order valence-electron chi connectivity index (χ3n) is 2.42. The topological polar surface area (TPSA) is 64.9 Å². The largest absolute Gasteiger partial charge is 0.394 e. The van der Waals surface area contributed by atoms with E-state index < -0.39 is 0 Å². The van der Waals surface area contributed by atoms with Crippen molar-refractivity contribution >= 4 is 11.6 Å². The number of nitrogens with one attached hydrogen (secondary N) is 1. The Morgan fingerprint density at radius 2 is 2.54 bits per heavy atom. The number of hydrazone groups is 1. The maximum absolute atomic E-state index is 11.6. The fourth-order valence-electron chi connectivity index (χ4n) is 1.74. The van der Waals surface area contributed by atoms with Crippen molar-refractivity contribution in [1.29, 1.82) is 0 Å². The van der Waals surface area contributed by atoms with Crippen LogP contribution in [0.4, 0.5) is 0 Å². The molecular weight excluding hydrogens is 170 g/mol. The summed E-state index contributed by atoms with van der Waals surface area (Å²) in [7, 11) is 0. The first-order chi connectivity index (χ1) is 6.33. The van der Waals surface area contributed by atoms with E-state index in [0.29, 0.717) is 13.1 Å². The fourth-order valence-corrected chi connectivity index (χ4v) is 1.74. The van der Waals surface area contributed by atoms with Crippen LogP contribution in [0.15, 0.2) is 5.10 Å². The predicted octanol–water partition coefficient (Wildman–Crippen LogP) is -1.21. The summed E-state index contributed by atoms with van der Waals surface area (Å²) in [5, 5.41) is 17.4. The Kier molecular flexibility index (Phi) is 2.28. The molecule has 13 heavy (non-hydrogen) atoms. The molecule has 2 aliphatic rings. The number of piperidine rings is 1. The van der Waals surface area contributed by atoms with Crippen LogP contribution in [0.5, 0.6) is 0 Å². The maximum Gasteiger partial charge on any atom is 0.252 e. The molecule has 0 aromatic heterocycles. The van der Waals surface area contributed by atoms with E-state index in [-0.39, 0.29) is 18.4 Å². The second kappa shape index (κ2) is 3.43. The highest BCUT2D eigenvalue weighted by molar-refractivity contribution is 6.08. The Labute approximate surface area is 76.4 Å². The van der Waals surface area contributed by atoms with Crippen molar-refractivity contribution in [3.05, 3.63) is 0 Å². The molecule has 1 fully saturated rings. The van der Waals surface area contributed by atoms with Gasteiger partial charge in [-0.3, -0.25) is 4.79 Å². The van der Waals surface area contributed by atoms with Crippen molar-refractivity contribution in [2.45, 2.75) is 6.42 Å². The Morgan fingerprint density at radius 3 is 3.23 bits per heavy atom. The Balaban J connectivity index is 2.10. The van der Waals surface area contributed by atoms with Gasteiger partial charge in [0.15, 0.2) is 0 Å². The smallest absolute Gasteiger partial charge is 0.252 e. The molecule has 0 spiro atoms. The molecule has 0 bridgehead atoms. The zero-order valence-electron chi connectivity index (χ0n) is 7.36. The maximum atomic E-state index is 11.6.